The molecular weight excluding hydrogens is 370 g/mol. The molecule has 0 unspecified atom stereocenters. The Labute approximate surface area is 170 Å². The molecule has 3 amide bonds. The summed E-state index contributed by atoms with van der Waals surface area (Å²) in [5.74, 6) is 0.656. The monoisotopic (exact) mass is 397 g/mol. The van der Waals surface area contributed by atoms with Gasteiger partial charge in [0.25, 0.3) is 5.91 Å². The van der Waals surface area contributed by atoms with Gasteiger partial charge in [0, 0.05) is 26.7 Å². The molecule has 154 valence electrons. The Kier molecular flexibility index (Phi) is 5.04. The number of nitrogens with zero attached hydrogens (tertiary/aromatic N) is 4. The molecule has 2 aliphatic heterocycles. The molecule has 0 saturated carbocycles. The Hall–Kier alpha value is -2.87. The maximum Gasteiger partial charge on any atom is 0.325 e. The lowest BCUT2D eigenvalue weighted by Crippen LogP contribution is -2.54. The maximum absolute atomic E-state index is 13.1. The third kappa shape index (κ3) is 3.48. The van der Waals surface area contributed by atoms with E-state index in [0.717, 1.165) is 42.3 Å². The molecule has 4 rings (SSSR count). The lowest BCUT2D eigenvalue weighted by Gasteiger charge is -2.37. The van der Waals surface area contributed by atoms with Gasteiger partial charge in [-0.2, -0.15) is 5.10 Å². The zero-order valence-corrected chi connectivity index (χ0v) is 17.1. The third-order valence-corrected chi connectivity index (χ3v) is 6.00. The van der Waals surface area contributed by atoms with E-state index in [1.165, 1.54) is 4.90 Å². The second-order valence-corrected chi connectivity index (χ2v) is 7.86. The average Bonchev–Trinajstić information content (AvgIpc) is 3.11. The van der Waals surface area contributed by atoms with E-state index in [0.29, 0.717) is 19.4 Å². The first-order valence-electron chi connectivity index (χ1n) is 9.90. The number of methoxy groups -OCH3 is 1. The standard InChI is InChI=1S/C21H27N5O3/c1-15-17(18(29-3)24(2)23-15)14-25-11-9-21(10-12-25)19(27)26(20(28)22-21)13-16-7-5-4-6-8-16/h4-8H,9-14H2,1-3H3,(H,22,28). The molecular formula is C21H27N5O3. The van der Waals surface area contributed by atoms with E-state index < -0.39 is 5.54 Å². The predicted octanol–water partition coefficient (Wildman–Crippen LogP) is 1.82. The predicted molar refractivity (Wildman–Crippen MR) is 107 cm³/mol. The van der Waals surface area contributed by atoms with Crippen LogP contribution in [0.1, 0.15) is 29.7 Å². The highest BCUT2D eigenvalue weighted by Crippen LogP contribution is 2.32. The van der Waals surface area contributed by atoms with Crippen LogP contribution < -0.4 is 10.1 Å². The minimum Gasteiger partial charge on any atom is -0.481 e. The molecule has 1 aromatic heterocycles. The number of benzene rings is 1. The van der Waals surface area contributed by atoms with E-state index in [2.05, 4.69) is 15.3 Å². The molecule has 0 atom stereocenters. The van der Waals surface area contributed by atoms with Gasteiger partial charge in [-0.05, 0) is 25.3 Å². The number of piperidine rings is 1. The quantitative estimate of drug-likeness (QED) is 0.779. The van der Waals surface area contributed by atoms with Gasteiger partial charge in [0.05, 0.1) is 24.9 Å². The molecule has 0 aliphatic carbocycles. The van der Waals surface area contributed by atoms with Crippen molar-refractivity contribution in [1.82, 2.24) is 24.9 Å². The minimum atomic E-state index is -0.781. The number of hydrogen-bond donors (Lipinski definition) is 1. The zero-order valence-electron chi connectivity index (χ0n) is 17.1. The van der Waals surface area contributed by atoms with Crippen LogP contribution >= 0.6 is 0 Å². The van der Waals surface area contributed by atoms with Crippen molar-refractivity contribution >= 4 is 11.9 Å². The Morgan fingerprint density at radius 3 is 2.48 bits per heavy atom. The highest BCUT2D eigenvalue weighted by atomic mass is 16.5. The number of hydrogen-bond acceptors (Lipinski definition) is 5. The van der Waals surface area contributed by atoms with Crippen LogP contribution in [0.15, 0.2) is 30.3 Å². The number of ether oxygens (including phenoxy) is 1. The summed E-state index contributed by atoms with van der Waals surface area (Å²) in [6.07, 6.45) is 1.20. The van der Waals surface area contributed by atoms with Crippen molar-refractivity contribution in [1.29, 1.82) is 0 Å². The average molecular weight is 397 g/mol. The van der Waals surface area contributed by atoms with Crippen LogP contribution in [0, 0.1) is 6.92 Å². The minimum absolute atomic E-state index is 0.110. The third-order valence-electron chi connectivity index (χ3n) is 6.00. The van der Waals surface area contributed by atoms with E-state index in [4.69, 9.17) is 4.74 Å². The molecule has 2 aromatic rings. The van der Waals surface area contributed by atoms with Crippen molar-refractivity contribution in [2.45, 2.75) is 38.4 Å². The van der Waals surface area contributed by atoms with E-state index in [-0.39, 0.29) is 11.9 Å². The van der Waals surface area contributed by atoms with Crippen molar-refractivity contribution in [2.75, 3.05) is 20.2 Å². The first-order chi connectivity index (χ1) is 13.9. The second kappa shape index (κ2) is 7.51. The van der Waals surface area contributed by atoms with Crippen LogP contribution in [0.25, 0.3) is 0 Å². The molecule has 8 nitrogen and oxygen atoms in total. The number of aryl methyl sites for hydroxylation is 2. The van der Waals surface area contributed by atoms with E-state index in [1.54, 1.807) is 11.8 Å². The fourth-order valence-corrected chi connectivity index (χ4v) is 4.36. The van der Waals surface area contributed by atoms with Gasteiger partial charge in [-0.1, -0.05) is 30.3 Å². The molecule has 2 aliphatic rings. The van der Waals surface area contributed by atoms with Crippen molar-refractivity contribution in [2.24, 2.45) is 7.05 Å². The maximum atomic E-state index is 13.1. The smallest absolute Gasteiger partial charge is 0.325 e. The van der Waals surface area contributed by atoms with Crippen LogP contribution in [0.2, 0.25) is 0 Å². The van der Waals surface area contributed by atoms with Gasteiger partial charge >= 0.3 is 6.03 Å². The van der Waals surface area contributed by atoms with Gasteiger partial charge in [0.1, 0.15) is 5.54 Å². The number of aromatic nitrogens is 2. The number of nitrogens with one attached hydrogen (secondary N) is 1. The molecule has 2 fully saturated rings. The van der Waals surface area contributed by atoms with Crippen molar-refractivity contribution in [3.63, 3.8) is 0 Å². The summed E-state index contributed by atoms with van der Waals surface area (Å²) in [5.41, 5.74) is 2.18. The lowest BCUT2D eigenvalue weighted by molar-refractivity contribution is -0.133. The molecule has 3 heterocycles. The summed E-state index contributed by atoms with van der Waals surface area (Å²) in [5, 5.41) is 7.42. The van der Waals surface area contributed by atoms with Crippen LogP contribution in [0.5, 0.6) is 5.88 Å². The topological polar surface area (TPSA) is 79.7 Å². The van der Waals surface area contributed by atoms with Gasteiger partial charge in [-0.15, -0.1) is 0 Å². The molecule has 0 bridgehead atoms. The Morgan fingerprint density at radius 1 is 1.14 bits per heavy atom. The number of likely N-dealkylation sites (tertiary alicyclic amines) is 1. The fourth-order valence-electron chi connectivity index (χ4n) is 4.36. The number of rotatable bonds is 5. The first kappa shape index (κ1) is 19.4. The van der Waals surface area contributed by atoms with Gasteiger partial charge in [-0.25, -0.2) is 9.48 Å². The molecule has 1 spiro atoms. The van der Waals surface area contributed by atoms with Crippen LogP contribution in [-0.4, -0.2) is 57.3 Å². The largest absolute Gasteiger partial charge is 0.481 e. The van der Waals surface area contributed by atoms with Crippen molar-refractivity contribution in [3.05, 3.63) is 47.2 Å². The number of imide groups is 1. The van der Waals surface area contributed by atoms with Gasteiger partial charge in [0.2, 0.25) is 5.88 Å². The van der Waals surface area contributed by atoms with E-state index in [9.17, 15) is 9.59 Å². The highest BCUT2D eigenvalue weighted by Gasteiger charge is 2.52. The van der Waals surface area contributed by atoms with E-state index in [1.807, 2.05) is 44.3 Å². The normalized spacial score (nSPS) is 19.1. The molecule has 0 radical (unpaired) electrons. The number of carbonyl (C=O) groups is 2. The Bertz CT molecular complexity index is 916. The zero-order chi connectivity index (χ0) is 20.6. The van der Waals surface area contributed by atoms with Crippen molar-refractivity contribution < 1.29 is 14.3 Å². The molecule has 29 heavy (non-hydrogen) atoms. The second-order valence-electron chi connectivity index (χ2n) is 7.86. The molecule has 2 saturated heterocycles. The molecule has 1 N–H and O–H groups in total. The van der Waals surface area contributed by atoms with Gasteiger partial charge in [-0.3, -0.25) is 14.6 Å². The summed E-state index contributed by atoms with van der Waals surface area (Å²) in [6, 6.07) is 9.31. The SMILES string of the molecule is COc1c(CN2CCC3(CC2)NC(=O)N(Cc2ccccc2)C3=O)c(C)nn1C. The highest BCUT2D eigenvalue weighted by molar-refractivity contribution is 6.07. The van der Waals surface area contributed by atoms with Crippen LogP contribution in [0.3, 0.4) is 0 Å². The van der Waals surface area contributed by atoms with Crippen LogP contribution in [-0.2, 0) is 24.9 Å². The molecule has 1 aromatic carbocycles. The summed E-state index contributed by atoms with van der Waals surface area (Å²) < 4.78 is 7.24. The summed E-state index contributed by atoms with van der Waals surface area (Å²) >= 11 is 0. The van der Waals surface area contributed by atoms with E-state index >= 15 is 0 Å². The number of carbonyl (C=O) groups excluding carboxylic acids is 2. The fraction of sp³-hybridized carbons (Fsp3) is 0.476. The first-order valence-corrected chi connectivity index (χ1v) is 9.90. The summed E-state index contributed by atoms with van der Waals surface area (Å²) in [4.78, 5) is 29.3. The van der Waals surface area contributed by atoms with Crippen molar-refractivity contribution in [3.8, 4) is 5.88 Å². The number of amides is 3. The van der Waals surface area contributed by atoms with Gasteiger partial charge < -0.3 is 10.1 Å². The summed E-state index contributed by atoms with van der Waals surface area (Å²) in [7, 11) is 3.52. The lowest BCUT2D eigenvalue weighted by atomic mass is 9.87. The molecule has 8 heteroatoms. The van der Waals surface area contributed by atoms with Gasteiger partial charge in [0.15, 0.2) is 0 Å². The van der Waals surface area contributed by atoms with Crippen LogP contribution in [0.4, 0.5) is 4.79 Å². The Balaban J connectivity index is 1.42. The Morgan fingerprint density at radius 2 is 1.83 bits per heavy atom. The summed E-state index contributed by atoms with van der Waals surface area (Å²) in [6.45, 7) is 4.45. The number of urea groups is 1.